The maximum absolute atomic E-state index is 11.0. The summed E-state index contributed by atoms with van der Waals surface area (Å²) in [5, 5.41) is 20.1. The van der Waals surface area contributed by atoms with Crippen LogP contribution in [0.25, 0.3) is 0 Å². The number of rotatable bonds is 7. The van der Waals surface area contributed by atoms with Gasteiger partial charge in [0.25, 0.3) is 0 Å². The smallest absolute Gasteiger partial charge is 0.341 e. The molecule has 0 aromatic heterocycles. The van der Waals surface area contributed by atoms with E-state index in [1.807, 2.05) is 6.07 Å². The Kier molecular flexibility index (Phi) is 6.18. The van der Waals surface area contributed by atoms with Crippen molar-refractivity contribution in [2.45, 2.75) is 44.8 Å². The first-order valence-corrected chi connectivity index (χ1v) is 9.89. The number of benzene rings is 1. The number of halogens is 1. The number of carboxylic acid groups (broad SMARTS) is 1. The van der Waals surface area contributed by atoms with E-state index in [1.165, 1.54) is 13.5 Å². The van der Waals surface area contributed by atoms with E-state index in [4.69, 9.17) is 26.2 Å². The topological polar surface area (TPSA) is 79.2 Å². The van der Waals surface area contributed by atoms with Gasteiger partial charge in [0.2, 0.25) is 0 Å². The van der Waals surface area contributed by atoms with E-state index in [9.17, 15) is 9.90 Å². The second-order valence-electron chi connectivity index (χ2n) is 7.70. The predicted octanol–water partition coefficient (Wildman–Crippen LogP) is 3.19. The van der Waals surface area contributed by atoms with Crippen molar-refractivity contribution in [1.82, 2.24) is 4.90 Å². The van der Waals surface area contributed by atoms with Gasteiger partial charge in [-0.1, -0.05) is 24.9 Å². The Morgan fingerprint density at radius 2 is 2.19 bits per heavy atom. The highest BCUT2D eigenvalue weighted by Gasteiger charge is 2.47. The molecule has 1 aromatic rings. The van der Waals surface area contributed by atoms with E-state index >= 15 is 0 Å². The number of fused-ring (bicyclic) bond motifs is 1. The van der Waals surface area contributed by atoms with Crippen LogP contribution in [0.2, 0.25) is 5.02 Å². The molecule has 0 spiro atoms. The molecule has 1 heterocycles. The lowest BCUT2D eigenvalue weighted by Gasteiger charge is -2.40. The number of carbonyl (C=O) groups is 1. The molecular formula is C20H28ClNO5. The largest absolute Gasteiger partial charge is 0.493 e. The number of carboxylic acids is 1. The summed E-state index contributed by atoms with van der Waals surface area (Å²) in [6, 6.07) is 3.65. The number of ether oxygens (including phenoxy) is 2. The summed E-state index contributed by atoms with van der Waals surface area (Å²) in [4.78, 5) is 13.1. The molecule has 1 aromatic carbocycles. The number of nitrogens with zero attached hydrogens (tertiary/aromatic N) is 1. The second kappa shape index (κ2) is 8.25. The molecule has 1 aliphatic carbocycles. The molecule has 27 heavy (non-hydrogen) atoms. The summed E-state index contributed by atoms with van der Waals surface area (Å²) >= 11 is 6.32. The van der Waals surface area contributed by atoms with Gasteiger partial charge in [-0.2, -0.15) is 0 Å². The van der Waals surface area contributed by atoms with Crippen LogP contribution >= 0.6 is 11.6 Å². The molecule has 2 aliphatic rings. The van der Waals surface area contributed by atoms with Gasteiger partial charge >= 0.3 is 5.97 Å². The Morgan fingerprint density at radius 1 is 1.41 bits per heavy atom. The number of hydrogen-bond donors (Lipinski definition) is 2. The fourth-order valence-corrected chi connectivity index (χ4v) is 4.97. The van der Waals surface area contributed by atoms with Gasteiger partial charge in [0.1, 0.15) is 0 Å². The Labute approximate surface area is 165 Å². The van der Waals surface area contributed by atoms with Gasteiger partial charge in [-0.15, -0.1) is 0 Å². The third-order valence-corrected chi connectivity index (χ3v) is 6.32. The van der Waals surface area contributed by atoms with Crippen LogP contribution in [0.4, 0.5) is 0 Å². The summed E-state index contributed by atoms with van der Waals surface area (Å²) in [5.41, 5.74) is 0.444. The van der Waals surface area contributed by atoms with Gasteiger partial charge in [0.05, 0.1) is 17.7 Å². The van der Waals surface area contributed by atoms with Crippen molar-refractivity contribution in [1.29, 1.82) is 0 Å². The molecule has 0 radical (unpaired) electrons. The zero-order valence-electron chi connectivity index (χ0n) is 15.9. The molecule has 2 fully saturated rings. The third-order valence-electron chi connectivity index (χ3n) is 6.04. The Morgan fingerprint density at radius 3 is 2.85 bits per heavy atom. The van der Waals surface area contributed by atoms with Crippen molar-refractivity contribution >= 4 is 17.6 Å². The summed E-state index contributed by atoms with van der Waals surface area (Å²) in [6.45, 7) is 4.17. The van der Waals surface area contributed by atoms with Crippen molar-refractivity contribution in [2.75, 3.05) is 26.8 Å². The molecule has 1 saturated carbocycles. The number of hydrogen-bond acceptors (Lipinski definition) is 5. The van der Waals surface area contributed by atoms with E-state index < -0.39 is 18.2 Å². The van der Waals surface area contributed by atoms with Crippen LogP contribution in [0.5, 0.6) is 11.5 Å². The molecule has 1 saturated heterocycles. The minimum Gasteiger partial charge on any atom is -0.493 e. The van der Waals surface area contributed by atoms with Gasteiger partial charge in [-0.3, -0.25) is 4.90 Å². The van der Waals surface area contributed by atoms with Crippen LogP contribution in [0.3, 0.4) is 0 Å². The fraction of sp³-hybridized carbons (Fsp3) is 0.650. The number of methoxy groups -OCH3 is 1. The standard InChI is InChI=1S/C20H28ClNO5/c1-3-20(25)6-4-5-14-10-22(11-15(14)20)9-13-7-16(21)19(17(8-13)26-2)27-12-18(23)24/h7-8,14-15,25H,3-6,9-12H2,1-2H3,(H,23,24)/t14-,15+,20-/m1/s1. The molecule has 3 rings (SSSR count). The normalized spacial score (nSPS) is 28.0. The quantitative estimate of drug-likeness (QED) is 0.735. The van der Waals surface area contributed by atoms with Crippen molar-refractivity contribution in [3.8, 4) is 11.5 Å². The summed E-state index contributed by atoms with van der Waals surface area (Å²) in [6.07, 6.45) is 3.97. The summed E-state index contributed by atoms with van der Waals surface area (Å²) in [7, 11) is 1.51. The van der Waals surface area contributed by atoms with Crippen molar-refractivity contribution in [2.24, 2.45) is 11.8 Å². The van der Waals surface area contributed by atoms with E-state index in [0.29, 0.717) is 29.2 Å². The van der Waals surface area contributed by atoms with Crippen LogP contribution in [-0.4, -0.2) is 53.5 Å². The van der Waals surface area contributed by atoms with Crippen molar-refractivity contribution in [3.05, 3.63) is 22.7 Å². The van der Waals surface area contributed by atoms with E-state index in [-0.39, 0.29) is 5.75 Å². The highest BCUT2D eigenvalue weighted by Crippen LogP contribution is 2.45. The Hall–Kier alpha value is -1.50. The lowest BCUT2D eigenvalue weighted by Crippen LogP contribution is -2.44. The first kappa shape index (κ1) is 20.2. The first-order chi connectivity index (χ1) is 12.9. The highest BCUT2D eigenvalue weighted by molar-refractivity contribution is 6.32. The maximum atomic E-state index is 11.0. The number of aliphatic hydroxyl groups is 1. The fourth-order valence-electron chi connectivity index (χ4n) is 4.68. The molecule has 0 bridgehead atoms. The van der Waals surface area contributed by atoms with Gasteiger partial charge < -0.3 is 19.7 Å². The monoisotopic (exact) mass is 397 g/mol. The van der Waals surface area contributed by atoms with Crippen LogP contribution in [-0.2, 0) is 11.3 Å². The average molecular weight is 398 g/mol. The molecule has 0 amide bonds. The SMILES string of the molecule is CC[C@@]1(O)CCC[C@@H]2CN(Cc3cc(Cl)c(OCC(=O)O)c(OC)c3)C[C@@H]21. The summed E-state index contributed by atoms with van der Waals surface area (Å²) in [5.74, 6) is 0.479. The minimum atomic E-state index is -1.07. The molecule has 2 N–H and O–H groups in total. The minimum absolute atomic E-state index is 0.251. The predicted molar refractivity (Wildman–Crippen MR) is 102 cm³/mol. The van der Waals surface area contributed by atoms with Gasteiger partial charge in [-0.25, -0.2) is 4.79 Å². The van der Waals surface area contributed by atoms with Crippen LogP contribution in [0.15, 0.2) is 12.1 Å². The first-order valence-electron chi connectivity index (χ1n) is 9.52. The maximum Gasteiger partial charge on any atom is 0.341 e. The molecule has 0 unspecified atom stereocenters. The highest BCUT2D eigenvalue weighted by atomic mass is 35.5. The lowest BCUT2D eigenvalue weighted by molar-refractivity contribution is -0.139. The Bertz CT molecular complexity index is 697. The van der Waals surface area contributed by atoms with Crippen molar-refractivity contribution < 1.29 is 24.5 Å². The Balaban J connectivity index is 1.73. The zero-order valence-corrected chi connectivity index (χ0v) is 16.7. The number of likely N-dealkylation sites (tertiary alicyclic amines) is 1. The molecule has 7 heteroatoms. The van der Waals surface area contributed by atoms with Crippen LogP contribution in [0.1, 0.15) is 38.2 Å². The van der Waals surface area contributed by atoms with Gasteiger partial charge in [0, 0.05) is 25.6 Å². The van der Waals surface area contributed by atoms with E-state index in [0.717, 1.165) is 37.9 Å². The average Bonchev–Trinajstić information content (AvgIpc) is 3.04. The molecular weight excluding hydrogens is 370 g/mol. The van der Waals surface area contributed by atoms with Crippen LogP contribution < -0.4 is 9.47 Å². The summed E-state index contributed by atoms with van der Waals surface area (Å²) < 4.78 is 10.6. The molecule has 3 atom stereocenters. The lowest BCUT2D eigenvalue weighted by atomic mass is 9.69. The van der Waals surface area contributed by atoms with E-state index in [1.54, 1.807) is 6.07 Å². The van der Waals surface area contributed by atoms with Crippen molar-refractivity contribution in [3.63, 3.8) is 0 Å². The van der Waals surface area contributed by atoms with Crippen LogP contribution in [0, 0.1) is 11.8 Å². The van der Waals surface area contributed by atoms with E-state index in [2.05, 4.69) is 11.8 Å². The van der Waals surface area contributed by atoms with Gasteiger partial charge in [0.15, 0.2) is 18.1 Å². The second-order valence-corrected chi connectivity index (χ2v) is 8.11. The molecule has 1 aliphatic heterocycles. The number of aliphatic carboxylic acids is 1. The third kappa shape index (κ3) is 4.33. The van der Waals surface area contributed by atoms with Gasteiger partial charge in [-0.05, 0) is 42.9 Å². The molecule has 150 valence electrons. The zero-order chi connectivity index (χ0) is 19.6. The molecule has 6 nitrogen and oxygen atoms in total.